The van der Waals surface area contributed by atoms with Gasteiger partial charge in [-0.25, -0.2) is 13.2 Å². The number of carboxylic acid groups (broad SMARTS) is 1. The zero-order valence-corrected chi connectivity index (χ0v) is 24.0. The van der Waals surface area contributed by atoms with Crippen molar-refractivity contribution in [2.75, 3.05) is 19.9 Å². The molecule has 1 heterocycles. The average molecular weight is 597 g/mol. The standard InChI is InChI=1S/C31H36N2O8S/c34-28(27(32-31(35)36)16-22-10-12-25(13-11-22)39-20-24-8-2-1-3-9-24)19-33(18-23-6-4-5-7-23)42(37,38)26-14-15-29-30(17-26)41-21-40-29/h1-3,8-15,17,23,27-28,32,34H,4-7,16,18-21H2,(H,35,36)/t27-,28+/m0/s1. The quantitative estimate of drug-likeness (QED) is 0.264. The van der Waals surface area contributed by atoms with Crippen LogP contribution in [-0.2, 0) is 23.1 Å². The van der Waals surface area contributed by atoms with Crippen molar-refractivity contribution in [2.45, 2.75) is 55.8 Å². The van der Waals surface area contributed by atoms with Gasteiger partial charge in [-0.2, -0.15) is 4.31 Å². The number of aliphatic hydroxyl groups excluding tert-OH is 1. The van der Waals surface area contributed by atoms with Crippen molar-refractivity contribution in [3.63, 3.8) is 0 Å². The molecule has 3 aromatic rings. The highest BCUT2D eigenvalue weighted by Crippen LogP contribution is 2.35. The third kappa shape index (κ3) is 7.53. The minimum absolute atomic E-state index is 0.0198. The summed E-state index contributed by atoms with van der Waals surface area (Å²) in [7, 11) is -4.03. The lowest BCUT2D eigenvalue weighted by Gasteiger charge is -2.30. The molecule has 3 aromatic carbocycles. The van der Waals surface area contributed by atoms with E-state index in [0.29, 0.717) is 23.9 Å². The molecule has 2 atom stereocenters. The van der Waals surface area contributed by atoms with Gasteiger partial charge in [0.15, 0.2) is 11.5 Å². The molecule has 1 amide bonds. The van der Waals surface area contributed by atoms with Crippen molar-refractivity contribution in [3.8, 4) is 17.2 Å². The van der Waals surface area contributed by atoms with Gasteiger partial charge < -0.3 is 29.7 Å². The number of benzene rings is 3. The van der Waals surface area contributed by atoms with Gasteiger partial charge in [-0.3, -0.25) is 0 Å². The molecule has 0 aromatic heterocycles. The van der Waals surface area contributed by atoms with Crippen LogP contribution in [0.5, 0.6) is 17.2 Å². The Hall–Kier alpha value is -3.80. The molecule has 0 unspecified atom stereocenters. The van der Waals surface area contributed by atoms with Crippen LogP contribution in [0.15, 0.2) is 77.7 Å². The number of rotatable bonds is 13. The van der Waals surface area contributed by atoms with Crippen LogP contribution >= 0.6 is 0 Å². The Labute approximate surface area is 245 Å². The number of nitrogens with one attached hydrogen (secondary N) is 1. The molecule has 3 N–H and O–H groups in total. The first-order valence-corrected chi connectivity index (χ1v) is 15.5. The Balaban J connectivity index is 1.30. The molecule has 2 aliphatic rings. The second-order valence-electron chi connectivity index (χ2n) is 10.7. The second kappa shape index (κ2) is 13.5. The smallest absolute Gasteiger partial charge is 0.404 e. The first kappa shape index (κ1) is 29.7. The lowest BCUT2D eigenvalue weighted by Crippen LogP contribution is -2.50. The van der Waals surface area contributed by atoms with E-state index in [1.807, 2.05) is 42.5 Å². The molecular weight excluding hydrogens is 560 g/mol. The molecule has 10 nitrogen and oxygen atoms in total. The van der Waals surface area contributed by atoms with Crippen LogP contribution in [0.1, 0.15) is 36.8 Å². The Morgan fingerprint density at radius 3 is 2.40 bits per heavy atom. The molecule has 1 fully saturated rings. The van der Waals surface area contributed by atoms with Crippen LogP contribution in [0.2, 0.25) is 0 Å². The van der Waals surface area contributed by atoms with Gasteiger partial charge in [0.25, 0.3) is 0 Å². The fraction of sp³-hybridized carbons (Fsp3) is 0.387. The van der Waals surface area contributed by atoms with Crippen LogP contribution in [0, 0.1) is 5.92 Å². The number of fused-ring (bicyclic) bond motifs is 1. The predicted octanol–water partition coefficient (Wildman–Crippen LogP) is 4.42. The Kier molecular flexibility index (Phi) is 9.51. The molecule has 0 bridgehead atoms. The van der Waals surface area contributed by atoms with Gasteiger partial charge in [-0.1, -0.05) is 55.3 Å². The van der Waals surface area contributed by atoms with Crippen LogP contribution in [0.4, 0.5) is 4.79 Å². The van der Waals surface area contributed by atoms with Crippen molar-refractivity contribution in [2.24, 2.45) is 5.92 Å². The maximum Gasteiger partial charge on any atom is 0.404 e. The maximum atomic E-state index is 13.8. The lowest BCUT2D eigenvalue weighted by atomic mass is 10.0. The summed E-state index contributed by atoms with van der Waals surface area (Å²) in [6.45, 7) is 0.403. The number of amides is 1. The number of aliphatic hydroxyl groups is 1. The minimum atomic E-state index is -4.03. The summed E-state index contributed by atoms with van der Waals surface area (Å²) in [5.41, 5.74) is 1.80. The normalized spacial score (nSPS) is 16.3. The van der Waals surface area contributed by atoms with E-state index in [2.05, 4.69) is 5.32 Å². The summed E-state index contributed by atoms with van der Waals surface area (Å²) >= 11 is 0. The van der Waals surface area contributed by atoms with Crippen LogP contribution in [0.3, 0.4) is 0 Å². The summed E-state index contributed by atoms with van der Waals surface area (Å²) in [5.74, 6) is 1.64. The van der Waals surface area contributed by atoms with Crippen LogP contribution in [-0.4, -0.2) is 61.1 Å². The van der Waals surface area contributed by atoms with Crippen molar-refractivity contribution < 1.29 is 37.6 Å². The van der Waals surface area contributed by atoms with Gasteiger partial charge in [0.2, 0.25) is 16.8 Å². The molecule has 0 radical (unpaired) electrons. The monoisotopic (exact) mass is 596 g/mol. The average Bonchev–Trinajstić information content (AvgIpc) is 3.68. The second-order valence-corrected chi connectivity index (χ2v) is 12.7. The van der Waals surface area contributed by atoms with Gasteiger partial charge in [0.05, 0.1) is 17.0 Å². The van der Waals surface area contributed by atoms with Gasteiger partial charge in [-0.05, 0) is 60.6 Å². The molecule has 1 aliphatic carbocycles. The van der Waals surface area contributed by atoms with Crippen molar-refractivity contribution in [1.29, 1.82) is 0 Å². The lowest BCUT2D eigenvalue weighted by molar-refractivity contribution is 0.0971. The topological polar surface area (TPSA) is 135 Å². The number of ether oxygens (including phenoxy) is 3. The minimum Gasteiger partial charge on any atom is -0.489 e. The van der Waals surface area contributed by atoms with E-state index in [1.165, 1.54) is 16.4 Å². The molecule has 11 heteroatoms. The van der Waals surface area contributed by atoms with Crippen molar-refractivity contribution in [3.05, 3.63) is 83.9 Å². The number of hydrogen-bond donors (Lipinski definition) is 3. The maximum absolute atomic E-state index is 13.8. The summed E-state index contributed by atoms with van der Waals surface area (Å²) < 4.78 is 45.5. The Bertz CT molecular complexity index is 1440. The molecule has 224 valence electrons. The van der Waals surface area contributed by atoms with Gasteiger partial charge in [-0.15, -0.1) is 0 Å². The highest BCUT2D eigenvalue weighted by atomic mass is 32.2. The number of nitrogens with zero attached hydrogens (tertiary/aromatic N) is 1. The molecular formula is C31H36N2O8S. The molecule has 5 rings (SSSR count). The fourth-order valence-corrected chi connectivity index (χ4v) is 6.98. The first-order valence-electron chi connectivity index (χ1n) is 14.1. The van der Waals surface area contributed by atoms with E-state index in [0.717, 1.165) is 36.8 Å². The van der Waals surface area contributed by atoms with E-state index in [-0.39, 0.29) is 37.1 Å². The molecule has 1 saturated carbocycles. The third-order valence-electron chi connectivity index (χ3n) is 7.71. The highest BCUT2D eigenvalue weighted by molar-refractivity contribution is 7.89. The van der Waals surface area contributed by atoms with Crippen LogP contribution < -0.4 is 19.5 Å². The third-order valence-corrected chi connectivity index (χ3v) is 9.54. The molecule has 42 heavy (non-hydrogen) atoms. The van der Waals surface area contributed by atoms with E-state index >= 15 is 0 Å². The van der Waals surface area contributed by atoms with E-state index in [1.54, 1.807) is 18.2 Å². The Morgan fingerprint density at radius 2 is 1.69 bits per heavy atom. The fourth-order valence-electron chi connectivity index (χ4n) is 5.43. The first-order chi connectivity index (χ1) is 20.3. The van der Waals surface area contributed by atoms with E-state index in [4.69, 9.17) is 14.2 Å². The summed E-state index contributed by atoms with van der Waals surface area (Å²) in [4.78, 5) is 11.7. The largest absolute Gasteiger partial charge is 0.489 e. The van der Waals surface area contributed by atoms with E-state index in [9.17, 15) is 23.4 Å². The summed E-state index contributed by atoms with van der Waals surface area (Å²) in [6.07, 6.45) is 1.41. The SMILES string of the molecule is O=C(O)N[C@@H](Cc1ccc(OCc2ccccc2)cc1)[C@H](O)CN(CC1CCCC1)S(=O)(=O)c1ccc2c(c1)OCO2. The zero-order chi connectivity index (χ0) is 29.5. The zero-order valence-electron chi connectivity index (χ0n) is 23.2. The number of carbonyl (C=O) groups is 1. The van der Waals surface area contributed by atoms with Gasteiger partial charge in [0.1, 0.15) is 12.4 Å². The summed E-state index contributed by atoms with van der Waals surface area (Å²) in [5, 5.41) is 23.2. The molecule has 1 aliphatic heterocycles. The van der Waals surface area contributed by atoms with Crippen molar-refractivity contribution >= 4 is 16.1 Å². The van der Waals surface area contributed by atoms with Gasteiger partial charge >= 0.3 is 6.09 Å². The van der Waals surface area contributed by atoms with Gasteiger partial charge in [0, 0.05) is 19.2 Å². The molecule has 0 saturated heterocycles. The Morgan fingerprint density at radius 1 is 0.976 bits per heavy atom. The van der Waals surface area contributed by atoms with Crippen LogP contribution in [0.25, 0.3) is 0 Å². The van der Waals surface area contributed by atoms with E-state index < -0.39 is 28.3 Å². The predicted molar refractivity (Wildman–Crippen MR) is 155 cm³/mol. The van der Waals surface area contributed by atoms with Crippen molar-refractivity contribution in [1.82, 2.24) is 9.62 Å². The highest BCUT2D eigenvalue weighted by Gasteiger charge is 2.34. The number of hydrogen-bond acceptors (Lipinski definition) is 7. The summed E-state index contributed by atoms with van der Waals surface area (Å²) in [6, 6.07) is 20.5. The number of sulfonamides is 1. The molecule has 0 spiro atoms.